The number of esters is 1. The highest BCUT2D eigenvalue weighted by atomic mass is 35.5. The highest BCUT2D eigenvalue weighted by Crippen LogP contribution is 2.29. The van der Waals surface area contributed by atoms with E-state index < -0.39 is 12.0 Å². The van der Waals surface area contributed by atoms with Crippen LogP contribution >= 0.6 is 11.6 Å². The molecule has 0 unspecified atom stereocenters. The van der Waals surface area contributed by atoms with Gasteiger partial charge in [-0.25, -0.2) is 0 Å². The molecule has 0 N–H and O–H groups in total. The van der Waals surface area contributed by atoms with Crippen LogP contribution in [0, 0.1) is 5.92 Å². The van der Waals surface area contributed by atoms with E-state index in [0.717, 1.165) is 0 Å². The van der Waals surface area contributed by atoms with Gasteiger partial charge in [0.25, 0.3) is 5.82 Å². The highest BCUT2D eigenvalue weighted by Gasteiger charge is 2.38. The quantitative estimate of drug-likeness (QED) is 0.402. The summed E-state index contributed by atoms with van der Waals surface area (Å²) < 4.78 is 50.7. The van der Waals surface area contributed by atoms with E-state index in [0.29, 0.717) is 47.0 Å². The number of carbonyl (C=O) groups excluding carboxylic acids is 1. The number of hydrogen-bond donors (Lipinski definition) is 0. The second-order valence-corrected chi connectivity index (χ2v) is 7.65. The molecule has 1 aliphatic heterocycles. The van der Waals surface area contributed by atoms with Crippen molar-refractivity contribution in [2.24, 2.45) is 5.92 Å². The third-order valence-electron chi connectivity index (χ3n) is 5.06. The SMILES string of the molecule is O=C(OCCOc1ccc(Cl)cc1)C1CCN(c2ccc3nnc(C(F)(F)F)n3n2)CC1. The average molecular weight is 470 g/mol. The van der Waals surface area contributed by atoms with Crippen LogP contribution in [0.25, 0.3) is 5.65 Å². The van der Waals surface area contributed by atoms with Crippen LogP contribution in [0.4, 0.5) is 19.0 Å². The molecule has 12 heteroatoms. The van der Waals surface area contributed by atoms with Crippen LogP contribution in [-0.4, -0.2) is 52.1 Å². The third-order valence-corrected chi connectivity index (χ3v) is 5.32. The molecule has 8 nitrogen and oxygen atoms in total. The molecule has 0 bridgehead atoms. The molecule has 0 amide bonds. The summed E-state index contributed by atoms with van der Waals surface area (Å²) in [5, 5.41) is 11.3. The van der Waals surface area contributed by atoms with E-state index in [4.69, 9.17) is 21.1 Å². The molecule has 0 atom stereocenters. The molecule has 3 heterocycles. The number of hydrogen-bond acceptors (Lipinski definition) is 7. The Morgan fingerprint density at radius 3 is 2.47 bits per heavy atom. The van der Waals surface area contributed by atoms with Gasteiger partial charge in [-0.1, -0.05) is 11.6 Å². The maximum atomic E-state index is 13.1. The van der Waals surface area contributed by atoms with E-state index in [1.165, 1.54) is 6.07 Å². The van der Waals surface area contributed by atoms with Crippen LogP contribution in [0.3, 0.4) is 0 Å². The van der Waals surface area contributed by atoms with E-state index in [-0.39, 0.29) is 30.7 Å². The molecule has 170 valence electrons. The van der Waals surface area contributed by atoms with Crippen molar-refractivity contribution in [2.45, 2.75) is 19.0 Å². The summed E-state index contributed by atoms with van der Waals surface area (Å²) in [5.74, 6) is -0.776. The van der Waals surface area contributed by atoms with Crippen LogP contribution in [0.1, 0.15) is 18.7 Å². The number of rotatable bonds is 6. The summed E-state index contributed by atoms with van der Waals surface area (Å²) in [7, 11) is 0. The largest absolute Gasteiger partial charge is 0.490 e. The van der Waals surface area contributed by atoms with Gasteiger partial charge >= 0.3 is 12.1 Å². The van der Waals surface area contributed by atoms with Crippen molar-refractivity contribution in [1.82, 2.24) is 19.8 Å². The second-order valence-electron chi connectivity index (χ2n) is 7.21. The Labute approximate surface area is 185 Å². The maximum absolute atomic E-state index is 13.1. The first kappa shape index (κ1) is 22.1. The van der Waals surface area contributed by atoms with Gasteiger partial charge in [0, 0.05) is 18.1 Å². The van der Waals surface area contributed by atoms with E-state index >= 15 is 0 Å². The Morgan fingerprint density at radius 2 is 1.78 bits per heavy atom. The first-order valence-corrected chi connectivity index (χ1v) is 10.3. The number of fused-ring (bicyclic) bond motifs is 1. The number of alkyl halides is 3. The van der Waals surface area contributed by atoms with Gasteiger partial charge in [0.2, 0.25) is 0 Å². The average Bonchev–Trinajstić information content (AvgIpc) is 3.22. The first-order valence-electron chi connectivity index (χ1n) is 9.91. The summed E-state index contributed by atoms with van der Waals surface area (Å²) in [6, 6.07) is 9.89. The zero-order valence-corrected chi connectivity index (χ0v) is 17.5. The normalized spacial score (nSPS) is 15.2. The van der Waals surface area contributed by atoms with Gasteiger partial charge in [-0.2, -0.15) is 17.7 Å². The van der Waals surface area contributed by atoms with Crippen molar-refractivity contribution in [1.29, 1.82) is 0 Å². The number of benzene rings is 1. The number of halogens is 4. The Balaban J connectivity index is 1.27. The second kappa shape index (κ2) is 9.19. The van der Waals surface area contributed by atoms with E-state index in [1.54, 1.807) is 30.3 Å². The fourth-order valence-electron chi connectivity index (χ4n) is 3.42. The minimum absolute atomic E-state index is 0.0142. The topological polar surface area (TPSA) is 81.9 Å². The van der Waals surface area contributed by atoms with E-state index in [2.05, 4.69) is 15.3 Å². The molecule has 4 rings (SSSR count). The number of piperidine rings is 1. The molecule has 0 saturated carbocycles. The summed E-state index contributed by atoms with van der Waals surface area (Å²) in [6.07, 6.45) is -3.64. The zero-order valence-electron chi connectivity index (χ0n) is 16.8. The van der Waals surface area contributed by atoms with Gasteiger partial charge in [0.1, 0.15) is 24.8 Å². The van der Waals surface area contributed by atoms with Crippen molar-refractivity contribution >= 4 is 29.0 Å². The molecule has 1 aliphatic rings. The summed E-state index contributed by atoms with van der Waals surface area (Å²) in [4.78, 5) is 14.1. The van der Waals surface area contributed by atoms with Crippen LogP contribution in [0.15, 0.2) is 36.4 Å². The van der Waals surface area contributed by atoms with Crippen LogP contribution in [0.5, 0.6) is 5.75 Å². The Hall–Kier alpha value is -3.08. The Morgan fingerprint density at radius 1 is 1.06 bits per heavy atom. The maximum Gasteiger partial charge on any atom is 0.453 e. The monoisotopic (exact) mass is 469 g/mol. The van der Waals surface area contributed by atoms with Crippen molar-refractivity contribution in [3.8, 4) is 5.75 Å². The molecule has 0 radical (unpaired) electrons. The summed E-state index contributed by atoms with van der Waals surface area (Å²) in [5.41, 5.74) is 0.0142. The predicted molar refractivity (Wildman–Crippen MR) is 109 cm³/mol. The minimum atomic E-state index is -4.65. The van der Waals surface area contributed by atoms with Gasteiger partial charge in [-0.3, -0.25) is 4.79 Å². The van der Waals surface area contributed by atoms with Crippen molar-refractivity contribution < 1.29 is 27.4 Å². The molecule has 0 spiro atoms. The lowest BCUT2D eigenvalue weighted by molar-refractivity contribution is -0.150. The Bertz CT molecular complexity index is 1080. The molecule has 2 aromatic heterocycles. The molecular formula is C20H19ClF3N5O3. The minimum Gasteiger partial charge on any atom is -0.490 e. The molecule has 1 fully saturated rings. The molecule has 3 aromatic rings. The number of carbonyl (C=O) groups is 1. The van der Waals surface area contributed by atoms with Gasteiger partial charge < -0.3 is 14.4 Å². The Kier molecular flexibility index (Phi) is 6.35. The lowest BCUT2D eigenvalue weighted by Gasteiger charge is -2.31. The fourth-order valence-corrected chi connectivity index (χ4v) is 3.55. The summed E-state index contributed by atoms with van der Waals surface area (Å²) >= 11 is 5.81. The number of ether oxygens (including phenoxy) is 2. The highest BCUT2D eigenvalue weighted by molar-refractivity contribution is 6.30. The number of anilines is 1. The molecule has 32 heavy (non-hydrogen) atoms. The lowest BCUT2D eigenvalue weighted by Crippen LogP contribution is -2.38. The van der Waals surface area contributed by atoms with Crippen LogP contribution < -0.4 is 9.64 Å². The number of nitrogens with zero attached hydrogens (tertiary/aromatic N) is 5. The molecular weight excluding hydrogens is 451 g/mol. The van der Waals surface area contributed by atoms with Crippen molar-refractivity contribution in [2.75, 3.05) is 31.2 Å². The van der Waals surface area contributed by atoms with Crippen molar-refractivity contribution in [3.05, 3.63) is 47.2 Å². The van der Waals surface area contributed by atoms with Crippen molar-refractivity contribution in [3.63, 3.8) is 0 Å². The number of aromatic nitrogens is 4. The smallest absolute Gasteiger partial charge is 0.453 e. The summed E-state index contributed by atoms with van der Waals surface area (Å²) in [6.45, 7) is 1.26. The van der Waals surface area contributed by atoms with Crippen LogP contribution in [0.2, 0.25) is 5.02 Å². The zero-order chi connectivity index (χ0) is 22.7. The van der Waals surface area contributed by atoms with Gasteiger partial charge in [-0.05, 0) is 49.2 Å². The fraction of sp³-hybridized carbons (Fsp3) is 0.400. The molecule has 1 saturated heterocycles. The molecule has 0 aliphatic carbocycles. The first-order chi connectivity index (χ1) is 15.3. The van der Waals surface area contributed by atoms with Crippen LogP contribution in [-0.2, 0) is 15.7 Å². The third kappa shape index (κ3) is 5.04. The van der Waals surface area contributed by atoms with Gasteiger partial charge in [0.15, 0.2) is 5.65 Å². The van der Waals surface area contributed by atoms with Gasteiger partial charge in [0.05, 0.1) is 5.92 Å². The molecule has 1 aromatic carbocycles. The predicted octanol–water partition coefficient (Wildman–Crippen LogP) is 3.64. The standard InChI is InChI=1S/C20H19ClF3N5O3/c21-14-1-3-15(4-2-14)31-11-12-32-18(30)13-7-9-28(10-8-13)17-6-5-16-25-26-19(20(22,23)24)29(16)27-17/h1-6,13H,7-12H2. The lowest BCUT2D eigenvalue weighted by atomic mass is 9.97. The van der Waals surface area contributed by atoms with E-state index in [9.17, 15) is 18.0 Å². The van der Waals surface area contributed by atoms with E-state index in [1.807, 2.05) is 4.90 Å². The van der Waals surface area contributed by atoms with Gasteiger partial charge in [-0.15, -0.1) is 15.3 Å².